The largest absolute Gasteiger partial charge is 0.445 e. The number of hydrogen-bond donors (Lipinski definition) is 1. The van der Waals surface area contributed by atoms with E-state index in [1.165, 1.54) is 0 Å². The van der Waals surface area contributed by atoms with Crippen LogP contribution in [0.4, 0.5) is 16.2 Å². The first-order valence-electron chi connectivity index (χ1n) is 16.3. The normalized spacial score (nSPS) is 21.5. The highest BCUT2D eigenvalue weighted by atomic mass is 16.6. The van der Waals surface area contributed by atoms with E-state index in [0.29, 0.717) is 18.7 Å². The number of anilines is 2. The zero-order chi connectivity index (χ0) is 32.3. The fourth-order valence-corrected chi connectivity index (χ4v) is 7.24. The molecule has 242 valence electrons. The topological polar surface area (TPSA) is 105 Å². The summed E-state index contributed by atoms with van der Waals surface area (Å²) in [7, 11) is 0. The molecule has 4 aromatic rings. The average Bonchev–Trinajstić information content (AvgIpc) is 3.54. The molecule has 1 N–H and O–H groups in total. The van der Waals surface area contributed by atoms with Crippen molar-refractivity contribution in [1.82, 2.24) is 14.8 Å². The molecule has 0 radical (unpaired) electrons. The van der Waals surface area contributed by atoms with Gasteiger partial charge in [0.05, 0.1) is 35.9 Å². The van der Waals surface area contributed by atoms with Crippen LogP contribution in [-0.4, -0.2) is 90.1 Å². The molecule has 0 aliphatic carbocycles. The number of ether oxygens (including phenoxy) is 2. The van der Waals surface area contributed by atoms with E-state index in [4.69, 9.17) is 9.47 Å². The molecule has 2 fully saturated rings. The summed E-state index contributed by atoms with van der Waals surface area (Å²) in [6, 6.07) is 26.1. The van der Waals surface area contributed by atoms with Crippen LogP contribution in [0, 0.1) is 11.3 Å². The molecule has 0 unspecified atom stereocenters. The molecule has 10 nitrogen and oxygen atoms in total. The van der Waals surface area contributed by atoms with E-state index < -0.39 is 0 Å². The highest BCUT2D eigenvalue weighted by molar-refractivity contribution is 5.95. The molecule has 3 aromatic carbocycles. The van der Waals surface area contributed by atoms with Crippen LogP contribution in [-0.2, 0) is 29.2 Å². The Balaban J connectivity index is 0.975. The number of carbonyl (C=O) groups excluding carboxylic acids is 1. The van der Waals surface area contributed by atoms with E-state index in [-0.39, 0.29) is 37.6 Å². The number of fused-ring (bicyclic) bond motifs is 2. The maximum absolute atomic E-state index is 12.8. The molecule has 10 heteroatoms. The quantitative estimate of drug-likeness (QED) is 0.315. The first-order chi connectivity index (χ1) is 23.0. The second kappa shape index (κ2) is 13.6. The molecule has 4 heterocycles. The van der Waals surface area contributed by atoms with Gasteiger partial charge in [0.25, 0.3) is 0 Å². The zero-order valence-electron chi connectivity index (χ0n) is 26.7. The molecule has 1 aromatic heterocycles. The molecule has 0 bridgehead atoms. The zero-order valence-corrected chi connectivity index (χ0v) is 26.7. The lowest BCUT2D eigenvalue weighted by molar-refractivity contribution is -0.0351. The van der Waals surface area contributed by atoms with Crippen molar-refractivity contribution in [1.29, 1.82) is 5.26 Å². The number of amides is 1. The predicted octanol–water partition coefficient (Wildman–Crippen LogP) is 4.54. The van der Waals surface area contributed by atoms with Gasteiger partial charge in [0.2, 0.25) is 0 Å². The molecular formula is C37H40N6O4. The highest BCUT2D eigenvalue weighted by Crippen LogP contribution is 2.32. The van der Waals surface area contributed by atoms with Crippen molar-refractivity contribution in [3.63, 3.8) is 0 Å². The van der Waals surface area contributed by atoms with Crippen molar-refractivity contribution >= 4 is 28.4 Å². The summed E-state index contributed by atoms with van der Waals surface area (Å²) in [5.41, 5.74) is 6.66. The molecule has 0 spiro atoms. The van der Waals surface area contributed by atoms with E-state index in [1.807, 2.05) is 54.6 Å². The van der Waals surface area contributed by atoms with Crippen LogP contribution < -0.4 is 9.80 Å². The van der Waals surface area contributed by atoms with E-state index >= 15 is 0 Å². The predicted molar refractivity (Wildman–Crippen MR) is 180 cm³/mol. The fourth-order valence-electron chi connectivity index (χ4n) is 7.24. The number of carbonyl (C=O) groups is 1. The van der Waals surface area contributed by atoms with E-state index in [1.54, 1.807) is 11.1 Å². The Bertz CT molecular complexity index is 1780. The second-order valence-corrected chi connectivity index (χ2v) is 12.8. The van der Waals surface area contributed by atoms with Gasteiger partial charge in [-0.05, 0) is 60.0 Å². The number of pyridine rings is 1. The van der Waals surface area contributed by atoms with E-state index in [2.05, 4.69) is 50.9 Å². The van der Waals surface area contributed by atoms with Crippen LogP contribution in [0.2, 0.25) is 0 Å². The van der Waals surface area contributed by atoms with Gasteiger partial charge in [-0.15, -0.1) is 0 Å². The number of rotatable bonds is 7. The van der Waals surface area contributed by atoms with Gasteiger partial charge >= 0.3 is 6.09 Å². The van der Waals surface area contributed by atoms with Crippen molar-refractivity contribution < 1.29 is 19.4 Å². The number of nitrogens with zero attached hydrogens (tertiary/aromatic N) is 6. The Morgan fingerprint density at radius 1 is 1.02 bits per heavy atom. The number of benzene rings is 3. The molecule has 1 amide bonds. The Labute approximate surface area is 275 Å². The lowest BCUT2D eigenvalue weighted by Gasteiger charge is -2.45. The Hall–Kier alpha value is -4.69. The lowest BCUT2D eigenvalue weighted by Crippen LogP contribution is -2.58. The van der Waals surface area contributed by atoms with Crippen LogP contribution in [0.25, 0.3) is 10.9 Å². The molecule has 7 rings (SSSR count). The first-order valence-corrected chi connectivity index (χ1v) is 16.3. The average molecular weight is 633 g/mol. The summed E-state index contributed by atoms with van der Waals surface area (Å²) in [5, 5.41) is 21.0. The monoisotopic (exact) mass is 632 g/mol. The van der Waals surface area contributed by atoms with Crippen LogP contribution in [0.1, 0.15) is 29.2 Å². The second-order valence-electron chi connectivity index (χ2n) is 12.8. The maximum atomic E-state index is 12.8. The van der Waals surface area contributed by atoms with Gasteiger partial charge < -0.3 is 24.4 Å². The number of aliphatic hydroxyl groups is 1. The fraction of sp³-hybridized carbons (Fsp3) is 0.378. The van der Waals surface area contributed by atoms with Crippen molar-refractivity contribution in [2.45, 2.75) is 44.9 Å². The Kier molecular flexibility index (Phi) is 8.94. The van der Waals surface area contributed by atoms with Gasteiger partial charge in [0.15, 0.2) is 0 Å². The molecule has 3 aliphatic rings. The van der Waals surface area contributed by atoms with Crippen molar-refractivity contribution in [2.24, 2.45) is 0 Å². The van der Waals surface area contributed by atoms with E-state index in [0.717, 1.165) is 78.2 Å². The minimum atomic E-state index is -0.310. The summed E-state index contributed by atoms with van der Waals surface area (Å²) >= 11 is 0. The molecule has 3 atom stereocenters. The first kappa shape index (κ1) is 30.9. The van der Waals surface area contributed by atoms with Gasteiger partial charge in [-0.3, -0.25) is 14.8 Å². The number of hydrogen-bond acceptors (Lipinski definition) is 9. The van der Waals surface area contributed by atoms with Gasteiger partial charge in [-0.1, -0.05) is 36.4 Å². The number of morpholine rings is 1. The summed E-state index contributed by atoms with van der Waals surface area (Å²) in [4.78, 5) is 26.1. The molecule has 47 heavy (non-hydrogen) atoms. The summed E-state index contributed by atoms with van der Waals surface area (Å²) in [6.07, 6.45) is 1.47. The summed E-state index contributed by atoms with van der Waals surface area (Å²) in [5.74, 6) is 0. The number of aliphatic hydroxyl groups excluding tert-OH is 1. The van der Waals surface area contributed by atoms with E-state index in [9.17, 15) is 15.2 Å². The van der Waals surface area contributed by atoms with Crippen molar-refractivity contribution in [2.75, 3.05) is 55.7 Å². The van der Waals surface area contributed by atoms with Crippen LogP contribution in [0.15, 0.2) is 79.0 Å². The SMILES string of the molecule is C[C@@H]1CN(c2ccc(C#N)c3ncccc23)C[C@H](CN2CCN(c3ccc4c(c3)CN(C(=O)OCc3ccccc3)C4)[C@H](CO)C2)O1. The number of piperazine rings is 1. The minimum absolute atomic E-state index is 0.000341. The molecule has 3 aliphatic heterocycles. The van der Waals surface area contributed by atoms with Crippen molar-refractivity contribution in [3.05, 3.63) is 101 Å². The van der Waals surface area contributed by atoms with Gasteiger partial charge in [0, 0.05) is 75.3 Å². The third-order valence-corrected chi connectivity index (χ3v) is 9.48. The van der Waals surface area contributed by atoms with Gasteiger partial charge in [0.1, 0.15) is 12.7 Å². The van der Waals surface area contributed by atoms with Crippen LogP contribution in [0.3, 0.4) is 0 Å². The standard InChI is InChI=1S/C37H40N6O4/c1-26-18-41(35-12-10-28(17-38)36-34(35)8-5-13-39-36)23-33(47-26)22-40-14-15-43(32(21-40)24-44)31-11-9-29-19-42(20-30(29)16-31)37(45)46-25-27-6-3-2-4-7-27/h2-13,16,26,32-33,44H,14-15,18-25H2,1H3/t26-,32+,33+/m1/s1. The third kappa shape index (κ3) is 6.60. The van der Waals surface area contributed by atoms with Crippen molar-refractivity contribution in [3.8, 4) is 6.07 Å². The molecule has 2 saturated heterocycles. The number of aromatic nitrogens is 1. The van der Waals surface area contributed by atoms with Crippen LogP contribution in [0.5, 0.6) is 0 Å². The third-order valence-electron chi connectivity index (χ3n) is 9.48. The highest BCUT2D eigenvalue weighted by Gasteiger charge is 2.33. The summed E-state index contributed by atoms with van der Waals surface area (Å²) < 4.78 is 12.0. The smallest absolute Gasteiger partial charge is 0.410 e. The summed E-state index contributed by atoms with van der Waals surface area (Å²) in [6.45, 7) is 8.08. The van der Waals surface area contributed by atoms with Crippen LogP contribution >= 0.6 is 0 Å². The maximum Gasteiger partial charge on any atom is 0.410 e. The van der Waals surface area contributed by atoms with Gasteiger partial charge in [-0.2, -0.15) is 5.26 Å². The number of nitriles is 1. The molecule has 0 saturated carbocycles. The Morgan fingerprint density at radius 3 is 2.70 bits per heavy atom. The van der Waals surface area contributed by atoms with Gasteiger partial charge in [-0.25, -0.2) is 4.79 Å². The lowest BCUT2D eigenvalue weighted by atomic mass is 10.0. The molecular weight excluding hydrogens is 592 g/mol. The minimum Gasteiger partial charge on any atom is -0.445 e. The Morgan fingerprint density at radius 2 is 1.87 bits per heavy atom.